The minimum Gasteiger partial charge on any atom is -0.497 e. The Morgan fingerprint density at radius 3 is 2.59 bits per heavy atom. The fraction of sp³-hybridized carbons (Fsp3) is 0.444. The Kier molecular flexibility index (Phi) is 2.74. The average molecular weight is 298 g/mol. The molecule has 22 heavy (non-hydrogen) atoms. The highest BCUT2D eigenvalue weighted by atomic mass is 16.5. The van der Waals surface area contributed by atoms with E-state index in [0.29, 0.717) is 19.3 Å². The number of hydrogen-bond donors (Lipinski definition) is 0. The van der Waals surface area contributed by atoms with Crippen molar-refractivity contribution in [2.45, 2.75) is 38.2 Å². The Bertz CT molecular complexity index is 700. The topological polar surface area (TPSA) is 52.6 Å². The second-order valence-electron chi connectivity index (χ2n) is 6.47. The molecule has 2 aliphatic heterocycles. The van der Waals surface area contributed by atoms with Crippen molar-refractivity contribution in [2.75, 3.05) is 7.11 Å². The van der Waals surface area contributed by atoms with Crippen LogP contribution in [0, 0.1) is 5.41 Å². The van der Waals surface area contributed by atoms with Gasteiger partial charge in [-0.2, -0.15) is 0 Å². The third kappa shape index (κ3) is 1.58. The van der Waals surface area contributed by atoms with E-state index >= 15 is 0 Å². The van der Waals surface area contributed by atoms with Gasteiger partial charge < -0.3 is 9.47 Å². The summed E-state index contributed by atoms with van der Waals surface area (Å²) < 4.78 is 10.7. The molecular formula is C18H18O4. The van der Waals surface area contributed by atoms with Crippen LogP contribution < -0.4 is 4.74 Å². The van der Waals surface area contributed by atoms with Gasteiger partial charge in [-0.1, -0.05) is 12.1 Å². The molecular weight excluding hydrogens is 280 g/mol. The Balaban J connectivity index is 1.81. The van der Waals surface area contributed by atoms with E-state index in [0.717, 1.165) is 22.5 Å². The largest absolute Gasteiger partial charge is 0.497 e. The Hall–Kier alpha value is -2.10. The number of rotatable bonds is 2. The number of hydrogen-bond acceptors (Lipinski definition) is 4. The van der Waals surface area contributed by atoms with Gasteiger partial charge in [0.05, 0.1) is 12.5 Å². The van der Waals surface area contributed by atoms with Crippen molar-refractivity contribution in [1.29, 1.82) is 0 Å². The molecule has 0 saturated carbocycles. The molecule has 2 aliphatic carbocycles. The maximum absolute atomic E-state index is 12.5. The normalized spacial score (nSPS) is 33.0. The third-order valence-electron chi connectivity index (χ3n) is 5.51. The fourth-order valence-corrected chi connectivity index (χ4v) is 4.30. The molecule has 0 N–H and O–H groups in total. The molecule has 1 fully saturated rings. The number of Topliss-reactive ketones (excluding diaryl/α,β-unsaturated/α-hetero) is 1. The zero-order valence-electron chi connectivity index (χ0n) is 12.7. The molecule has 4 heteroatoms. The Morgan fingerprint density at radius 2 is 1.91 bits per heavy atom. The summed E-state index contributed by atoms with van der Waals surface area (Å²) in [5.41, 5.74) is 2.21. The lowest BCUT2D eigenvalue weighted by molar-refractivity contribution is -0.169. The first kappa shape index (κ1) is 13.6. The highest BCUT2D eigenvalue weighted by Crippen LogP contribution is 2.58. The molecule has 114 valence electrons. The molecule has 0 amide bonds. The molecule has 0 unspecified atom stereocenters. The van der Waals surface area contributed by atoms with Crippen LogP contribution >= 0.6 is 0 Å². The van der Waals surface area contributed by atoms with E-state index in [1.807, 2.05) is 31.2 Å². The Labute approximate surface area is 129 Å². The number of carbonyl (C=O) groups excluding carboxylic acids is 2. The smallest absolute Gasteiger partial charge is 0.317 e. The Morgan fingerprint density at radius 1 is 1.18 bits per heavy atom. The minimum atomic E-state index is -0.704. The number of ketones is 1. The van der Waals surface area contributed by atoms with Crippen LogP contribution in [0.5, 0.6) is 5.75 Å². The second kappa shape index (κ2) is 4.45. The van der Waals surface area contributed by atoms with E-state index in [-0.39, 0.29) is 23.8 Å². The monoisotopic (exact) mass is 298 g/mol. The van der Waals surface area contributed by atoms with Gasteiger partial charge in [0, 0.05) is 17.9 Å². The highest BCUT2D eigenvalue weighted by Gasteiger charge is 2.59. The molecule has 5 rings (SSSR count). The zero-order valence-corrected chi connectivity index (χ0v) is 12.7. The highest BCUT2D eigenvalue weighted by molar-refractivity contribution is 6.04. The number of methoxy groups -OCH3 is 1. The summed E-state index contributed by atoms with van der Waals surface area (Å²) in [6.45, 7) is 1.94. The maximum atomic E-state index is 12.5. The molecule has 1 aromatic carbocycles. The van der Waals surface area contributed by atoms with Gasteiger partial charge in [0.15, 0.2) is 5.78 Å². The molecule has 2 heterocycles. The third-order valence-corrected chi connectivity index (χ3v) is 5.51. The van der Waals surface area contributed by atoms with Gasteiger partial charge in [0.2, 0.25) is 0 Å². The average Bonchev–Trinajstić information content (AvgIpc) is 2.93. The van der Waals surface area contributed by atoms with Crippen LogP contribution in [0.4, 0.5) is 0 Å². The molecule has 0 aromatic heterocycles. The van der Waals surface area contributed by atoms with Gasteiger partial charge in [-0.25, -0.2) is 0 Å². The molecule has 0 spiro atoms. The number of ether oxygens (including phenoxy) is 2. The van der Waals surface area contributed by atoms with E-state index in [4.69, 9.17) is 9.47 Å². The first-order valence-electron chi connectivity index (χ1n) is 7.67. The van der Waals surface area contributed by atoms with Crippen molar-refractivity contribution in [3.63, 3.8) is 0 Å². The van der Waals surface area contributed by atoms with Gasteiger partial charge in [-0.15, -0.1) is 0 Å². The summed E-state index contributed by atoms with van der Waals surface area (Å²) in [4.78, 5) is 24.6. The standard InChI is InChI=1S/C18H18O4/c1-18-12-7-8-14(19)16(12)15(22-17(18)20)9-13(18)10-3-5-11(21-2)6-4-10/h3-6,13,15H,7-9H2,1-2H3/t13-,15+,18+/m0/s1. The fourth-order valence-electron chi connectivity index (χ4n) is 4.30. The molecule has 4 nitrogen and oxygen atoms in total. The molecule has 3 atom stereocenters. The van der Waals surface area contributed by atoms with E-state index in [1.165, 1.54) is 0 Å². The lowest BCUT2D eigenvalue weighted by Crippen LogP contribution is -2.51. The molecule has 2 bridgehead atoms. The van der Waals surface area contributed by atoms with Gasteiger partial charge >= 0.3 is 5.97 Å². The van der Waals surface area contributed by atoms with Crippen molar-refractivity contribution < 1.29 is 19.1 Å². The minimum absolute atomic E-state index is 0.0642. The zero-order chi connectivity index (χ0) is 15.5. The van der Waals surface area contributed by atoms with Gasteiger partial charge in [-0.05, 0) is 43.0 Å². The van der Waals surface area contributed by atoms with Crippen LogP contribution in [0.25, 0.3) is 0 Å². The van der Waals surface area contributed by atoms with Crippen LogP contribution in [-0.2, 0) is 14.3 Å². The van der Waals surface area contributed by atoms with Crippen LogP contribution in [0.2, 0.25) is 0 Å². The van der Waals surface area contributed by atoms with Gasteiger partial charge in [0.1, 0.15) is 11.9 Å². The second-order valence-corrected chi connectivity index (χ2v) is 6.47. The molecule has 0 radical (unpaired) electrons. The van der Waals surface area contributed by atoms with Crippen molar-refractivity contribution in [3.05, 3.63) is 41.0 Å². The molecule has 1 aromatic rings. The summed E-state index contributed by atoms with van der Waals surface area (Å²) in [6.07, 6.45) is 1.55. The number of benzene rings is 1. The summed E-state index contributed by atoms with van der Waals surface area (Å²) in [6, 6.07) is 7.86. The lowest BCUT2D eigenvalue weighted by Gasteiger charge is -2.49. The van der Waals surface area contributed by atoms with Crippen LogP contribution in [0.1, 0.15) is 37.7 Å². The quantitative estimate of drug-likeness (QED) is 0.788. The molecule has 1 saturated heterocycles. The lowest BCUT2D eigenvalue weighted by atomic mass is 9.60. The molecule has 4 aliphatic rings. The van der Waals surface area contributed by atoms with Gasteiger partial charge in [0.25, 0.3) is 0 Å². The van der Waals surface area contributed by atoms with E-state index in [1.54, 1.807) is 7.11 Å². The van der Waals surface area contributed by atoms with Crippen LogP contribution in [0.15, 0.2) is 35.4 Å². The van der Waals surface area contributed by atoms with Crippen LogP contribution in [-0.4, -0.2) is 25.0 Å². The number of fused-ring (bicyclic) bond motifs is 2. The van der Waals surface area contributed by atoms with Crippen LogP contribution in [0.3, 0.4) is 0 Å². The van der Waals surface area contributed by atoms with E-state index < -0.39 is 5.41 Å². The summed E-state index contributed by atoms with van der Waals surface area (Å²) in [5, 5.41) is 0. The van der Waals surface area contributed by atoms with E-state index in [9.17, 15) is 9.59 Å². The predicted octanol–water partition coefficient (Wildman–Crippen LogP) is 2.77. The summed E-state index contributed by atoms with van der Waals surface area (Å²) in [5.74, 6) is 0.840. The maximum Gasteiger partial charge on any atom is 0.317 e. The van der Waals surface area contributed by atoms with Crippen molar-refractivity contribution in [2.24, 2.45) is 5.41 Å². The first-order chi connectivity index (χ1) is 10.6. The summed E-state index contributed by atoms with van der Waals surface area (Å²) >= 11 is 0. The van der Waals surface area contributed by atoms with Crippen molar-refractivity contribution in [3.8, 4) is 5.75 Å². The first-order valence-corrected chi connectivity index (χ1v) is 7.67. The number of carbonyl (C=O) groups is 2. The van der Waals surface area contributed by atoms with Crippen molar-refractivity contribution >= 4 is 11.8 Å². The SMILES string of the molecule is COc1ccc([C@@H]2C[C@H]3OC(=O)[C@]2(C)C2=C3C(=O)CC2)cc1. The summed E-state index contributed by atoms with van der Waals surface area (Å²) in [7, 11) is 1.64. The predicted molar refractivity (Wildman–Crippen MR) is 79.6 cm³/mol. The van der Waals surface area contributed by atoms with Crippen molar-refractivity contribution in [1.82, 2.24) is 0 Å². The number of esters is 1. The van der Waals surface area contributed by atoms with E-state index in [2.05, 4.69) is 0 Å². The van der Waals surface area contributed by atoms with Gasteiger partial charge in [-0.3, -0.25) is 9.59 Å².